The Balaban J connectivity index is 1.47. The van der Waals surface area contributed by atoms with E-state index in [0.29, 0.717) is 11.7 Å². The molecule has 1 aliphatic carbocycles. The zero-order valence-corrected chi connectivity index (χ0v) is 16.0. The van der Waals surface area contributed by atoms with Crippen LogP contribution in [0.15, 0.2) is 22.7 Å². The summed E-state index contributed by atoms with van der Waals surface area (Å²) in [5.41, 5.74) is 0.817. The minimum absolute atomic E-state index is 0.0948. The van der Waals surface area contributed by atoms with Crippen molar-refractivity contribution in [3.8, 4) is 11.5 Å². The number of benzene rings is 1. The van der Waals surface area contributed by atoms with Crippen LogP contribution in [0, 0.1) is 0 Å². The Morgan fingerprint density at radius 3 is 2.50 bits per heavy atom. The SMILES string of the molecule is CC(Nc1ccc2c(c1)OC1(CCCCC1)O2)c1nc(C(C)(C)C)no1. The van der Waals surface area contributed by atoms with Crippen molar-refractivity contribution in [3.05, 3.63) is 29.9 Å². The number of fused-ring (bicyclic) bond motifs is 1. The third-order valence-corrected chi connectivity index (χ3v) is 5.02. The van der Waals surface area contributed by atoms with Gasteiger partial charge in [0, 0.05) is 30.0 Å². The third kappa shape index (κ3) is 3.24. The molecule has 1 saturated carbocycles. The first-order valence-corrected chi connectivity index (χ1v) is 9.47. The normalized spacial score (nSPS) is 19.5. The van der Waals surface area contributed by atoms with Gasteiger partial charge in [-0.05, 0) is 31.9 Å². The molecule has 0 amide bonds. The molecule has 6 heteroatoms. The highest BCUT2D eigenvalue weighted by atomic mass is 16.7. The van der Waals surface area contributed by atoms with Gasteiger partial charge in [0.05, 0.1) is 0 Å². The van der Waals surface area contributed by atoms with Gasteiger partial charge in [-0.25, -0.2) is 0 Å². The number of rotatable bonds is 3. The van der Waals surface area contributed by atoms with Gasteiger partial charge in [0.25, 0.3) is 5.79 Å². The van der Waals surface area contributed by atoms with Gasteiger partial charge in [0.2, 0.25) is 5.89 Å². The van der Waals surface area contributed by atoms with Crippen molar-refractivity contribution in [2.45, 2.75) is 77.0 Å². The summed E-state index contributed by atoms with van der Waals surface area (Å²) in [6.45, 7) is 8.21. The second kappa shape index (κ2) is 6.18. The quantitative estimate of drug-likeness (QED) is 0.836. The van der Waals surface area contributed by atoms with E-state index in [-0.39, 0.29) is 11.5 Å². The van der Waals surface area contributed by atoms with Crippen LogP contribution in [0.5, 0.6) is 11.5 Å². The third-order valence-electron chi connectivity index (χ3n) is 5.02. The molecular formula is C20H27N3O3. The summed E-state index contributed by atoms with van der Waals surface area (Å²) in [5.74, 6) is 2.49. The molecule has 2 aliphatic rings. The van der Waals surface area contributed by atoms with Crippen molar-refractivity contribution in [1.82, 2.24) is 10.1 Å². The number of aromatic nitrogens is 2. The molecule has 140 valence electrons. The van der Waals surface area contributed by atoms with E-state index in [0.717, 1.165) is 42.9 Å². The predicted molar refractivity (Wildman–Crippen MR) is 98.5 cm³/mol. The molecule has 0 bridgehead atoms. The lowest BCUT2D eigenvalue weighted by atomic mass is 9.94. The van der Waals surface area contributed by atoms with Crippen LogP contribution in [0.25, 0.3) is 0 Å². The van der Waals surface area contributed by atoms with Gasteiger partial charge in [0.15, 0.2) is 17.3 Å². The van der Waals surface area contributed by atoms with E-state index in [4.69, 9.17) is 14.0 Å². The van der Waals surface area contributed by atoms with Crippen LogP contribution in [0.3, 0.4) is 0 Å². The van der Waals surface area contributed by atoms with E-state index >= 15 is 0 Å². The van der Waals surface area contributed by atoms with E-state index in [1.807, 2.05) is 25.1 Å². The molecule has 2 aromatic rings. The van der Waals surface area contributed by atoms with Crippen molar-refractivity contribution in [2.75, 3.05) is 5.32 Å². The van der Waals surface area contributed by atoms with E-state index in [2.05, 4.69) is 36.2 Å². The Morgan fingerprint density at radius 1 is 1.08 bits per heavy atom. The fourth-order valence-corrected chi connectivity index (χ4v) is 3.51. The highest BCUT2D eigenvalue weighted by molar-refractivity contribution is 5.56. The van der Waals surface area contributed by atoms with E-state index < -0.39 is 5.79 Å². The Hall–Kier alpha value is -2.24. The molecule has 1 N–H and O–H groups in total. The standard InChI is InChI=1S/C20H27N3O3/c1-13(17-22-18(23-26-17)19(2,3)4)21-14-8-9-15-16(12-14)25-20(24-15)10-6-5-7-11-20/h8-9,12-13,21H,5-7,10-11H2,1-4H3. The fourth-order valence-electron chi connectivity index (χ4n) is 3.51. The highest BCUT2D eigenvalue weighted by Crippen LogP contribution is 2.46. The van der Waals surface area contributed by atoms with E-state index in [1.54, 1.807) is 0 Å². The first-order valence-electron chi connectivity index (χ1n) is 9.47. The molecule has 4 rings (SSSR count). The van der Waals surface area contributed by atoms with Crippen molar-refractivity contribution in [1.29, 1.82) is 0 Å². The van der Waals surface area contributed by atoms with Gasteiger partial charge in [-0.15, -0.1) is 0 Å². The number of anilines is 1. The highest BCUT2D eigenvalue weighted by Gasteiger charge is 2.42. The summed E-state index contributed by atoms with van der Waals surface area (Å²) in [7, 11) is 0. The maximum Gasteiger partial charge on any atom is 0.251 e. The average Bonchev–Trinajstić information content (AvgIpc) is 3.19. The van der Waals surface area contributed by atoms with Crippen LogP contribution in [0.1, 0.15) is 77.6 Å². The molecule has 1 spiro atoms. The number of ether oxygens (including phenoxy) is 2. The van der Waals surface area contributed by atoms with Crippen molar-refractivity contribution < 1.29 is 14.0 Å². The molecule has 1 aromatic carbocycles. The van der Waals surface area contributed by atoms with Crippen LogP contribution >= 0.6 is 0 Å². The summed E-state index contributed by atoms with van der Waals surface area (Å²) in [6.07, 6.45) is 5.49. The monoisotopic (exact) mass is 357 g/mol. The van der Waals surface area contributed by atoms with Crippen molar-refractivity contribution in [3.63, 3.8) is 0 Å². The van der Waals surface area contributed by atoms with Gasteiger partial charge in [0.1, 0.15) is 6.04 Å². The van der Waals surface area contributed by atoms with Crippen LogP contribution in [-0.4, -0.2) is 15.9 Å². The zero-order chi connectivity index (χ0) is 18.4. The summed E-state index contributed by atoms with van der Waals surface area (Å²) in [4.78, 5) is 4.52. The lowest BCUT2D eigenvalue weighted by Crippen LogP contribution is -2.40. The number of hydrogen-bond acceptors (Lipinski definition) is 6. The molecule has 1 fully saturated rings. The molecule has 2 heterocycles. The molecule has 26 heavy (non-hydrogen) atoms. The van der Waals surface area contributed by atoms with Crippen LogP contribution in [0.4, 0.5) is 5.69 Å². The van der Waals surface area contributed by atoms with Gasteiger partial charge < -0.3 is 19.3 Å². The van der Waals surface area contributed by atoms with Crippen LogP contribution in [0.2, 0.25) is 0 Å². The van der Waals surface area contributed by atoms with Crippen molar-refractivity contribution >= 4 is 5.69 Å². The number of nitrogens with zero attached hydrogens (tertiary/aromatic N) is 2. The summed E-state index contributed by atoms with van der Waals surface area (Å²) < 4.78 is 17.8. The van der Waals surface area contributed by atoms with Gasteiger partial charge in [-0.3, -0.25) is 0 Å². The number of nitrogens with one attached hydrogen (secondary N) is 1. The lowest BCUT2D eigenvalue weighted by molar-refractivity contribution is -0.105. The largest absolute Gasteiger partial charge is 0.448 e. The minimum atomic E-state index is -0.446. The second-order valence-electron chi connectivity index (χ2n) is 8.41. The predicted octanol–water partition coefficient (Wildman–Crippen LogP) is 4.97. The Kier molecular flexibility index (Phi) is 4.09. The number of hydrogen-bond donors (Lipinski definition) is 1. The molecular weight excluding hydrogens is 330 g/mol. The molecule has 1 aromatic heterocycles. The van der Waals surface area contributed by atoms with Gasteiger partial charge >= 0.3 is 0 Å². The Labute approximate surface area is 154 Å². The van der Waals surface area contributed by atoms with E-state index in [1.165, 1.54) is 6.42 Å². The van der Waals surface area contributed by atoms with Crippen molar-refractivity contribution in [2.24, 2.45) is 0 Å². The molecule has 1 unspecified atom stereocenters. The van der Waals surface area contributed by atoms with Crippen LogP contribution in [-0.2, 0) is 5.41 Å². The Bertz CT molecular complexity index is 788. The first kappa shape index (κ1) is 17.2. The first-order chi connectivity index (χ1) is 12.3. The zero-order valence-electron chi connectivity index (χ0n) is 16.0. The molecule has 6 nitrogen and oxygen atoms in total. The molecule has 0 saturated heterocycles. The maximum absolute atomic E-state index is 6.20. The van der Waals surface area contributed by atoms with Crippen LogP contribution < -0.4 is 14.8 Å². The van der Waals surface area contributed by atoms with E-state index in [9.17, 15) is 0 Å². The summed E-state index contributed by atoms with van der Waals surface area (Å²) in [6, 6.07) is 5.88. The molecule has 1 atom stereocenters. The Morgan fingerprint density at radius 2 is 1.81 bits per heavy atom. The molecule has 0 radical (unpaired) electrons. The smallest absolute Gasteiger partial charge is 0.251 e. The fraction of sp³-hybridized carbons (Fsp3) is 0.600. The summed E-state index contributed by atoms with van der Waals surface area (Å²) >= 11 is 0. The summed E-state index contributed by atoms with van der Waals surface area (Å²) in [5, 5.41) is 7.51. The second-order valence-corrected chi connectivity index (χ2v) is 8.41. The minimum Gasteiger partial charge on any atom is -0.448 e. The van der Waals surface area contributed by atoms with Gasteiger partial charge in [-0.1, -0.05) is 32.3 Å². The maximum atomic E-state index is 6.20. The van der Waals surface area contributed by atoms with Gasteiger partial charge in [-0.2, -0.15) is 4.98 Å². The molecule has 1 aliphatic heterocycles. The lowest BCUT2D eigenvalue weighted by Gasteiger charge is -2.31. The topological polar surface area (TPSA) is 69.4 Å². The average molecular weight is 357 g/mol.